The first-order valence-corrected chi connectivity index (χ1v) is 8.15. The molecule has 0 unspecified atom stereocenters. The van der Waals surface area contributed by atoms with E-state index in [9.17, 15) is 19.2 Å². The zero-order valence-corrected chi connectivity index (χ0v) is 15.5. The van der Waals surface area contributed by atoms with Crippen molar-refractivity contribution in [2.75, 3.05) is 11.5 Å². The molecular weight excluding hydrogens is 380 g/mol. The predicted molar refractivity (Wildman–Crippen MR) is 106 cm³/mol. The molecule has 10 heteroatoms. The number of nitrogens with zero attached hydrogens (tertiary/aromatic N) is 1. The van der Waals surface area contributed by atoms with Crippen LogP contribution in [0.1, 0.15) is 24.0 Å². The van der Waals surface area contributed by atoms with Crippen molar-refractivity contribution in [3.8, 4) is 0 Å². The Labute approximate surface area is 165 Å². The number of nitrogen functional groups attached to an aromatic ring is 2. The number of imidazole rings is 1. The number of rotatable bonds is 4. The minimum Gasteiger partial charge on any atom is -0.481 e. The number of aromatic nitrogens is 2. The lowest BCUT2D eigenvalue weighted by Crippen LogP contribution is -2.16. The second kappa shape index (κ2) is 10.8. The molecule has 1 heterocycles. The number of hydrogen-bond donors (Lipinski definition) is 5. The van der Waals surface area contributed by atoms with Crippen LogP contribution < -0.4 is 11.5 Å². The second-order valence-corrected chi connectivity index (χ2v) is 5.59. The molecule has 3 rings (SSSR count). The maximum Gasteiger partial charge on any atom is 0.372 e. The van der Waals surface area contributed by atoms with Gasteiger partial charge in [-0.05, 0) is 24.3 Å². The molecule has 0 aliphatic carbocycles. The van der Waals surface area contributed by atoms with Crippen molar-refractivity contribution in [2.45, 2.75) is 13.3 Å². The van der Waals surface area contributed by atoms with Gasteiger partial charge < -0.3 is 26.7 Å². The minimum absolute atomic E-state index is 0.0359. The summed E-state index contributed by atoms with van der Waals surface area (Å²) < 4.78 is 0. The highest BCUT2D eigenvalue weighted by Crippen LogP contribution is 2.11. The summed E-state index contributed by atoms with van der Waals surface area (Å²) in [6.45, 7) is 1.50. The van der Waals surface area contributed by atoms with Gasteiger partial charge in [0.25, 0.3) is 5.78 Å². The normalized spacial score (nSPS) is 9.41. The van der Waals surface area contributed by atoms with E-state index in [-0.39, 0.29) is 5.78 Å². The molecule has 0 spiro atoms. The monoisotopic (exact) mass is 400 g/mol. The van der Waals surface area contributed by atoms with Gasteiger partial charge in [-0.3, -0.25) is 14.4 Å². The smallest absolute Gasteiger partial charge is 0.372 e. The molecule has 2 aromatic carbocycles. The van der Waals surface area contributed by atoms with Gasteiger partial charge in [-0.15, -0.1) is 0 Å². The van der Waals surface area contributed by atoms with Crippen LogP contribution in [0.25, 0.3) is 11.0 Å². The van der Waals surface area contributed by atoms with Crippen molar-refractivity contribution in [3.05, 3.63) is 54.4 Å². The van der Waals surface area contributed by atoms with Crippen molar-refractivity contribution in [3.63, 3.8) is 0 Å². The van der Waals surface area contributed by atoms with E-state index in [2.05, 4.69) is 9.97 Å². The highest BCUT2D eigenvalue weighted by Gasteiger charge is 2.14. The van der Waals surface area contributed by atoms with E-state index in [4.69, 9.17) is 21.7 Å². The Balaban J connectivity index is 0.000000224. The molecule has 0 radical (unpaired) electrons. The number of anilines is 2. The molecule has 29 heavy (non-hydrogen) atoms. The van der Waals surface area contributed by atoms with Crippen LogP contribution in [-0.4, -0.2) is 43.7 Å². The zero-order valence-electron chi connectivity index (χ0n) is 15.5. The van der Waals surface area contributed by atoms with Crippen LogP contribution >= 0.6 is 0 Å². The number of carbonyl (C=O) groups is 4. The fourth-order valence-corrected chi connectivity index (χ4v) is 1.84. The Morgan fingerprint density at radius 2 is 1.45 bits per heavy atom. The van der Waals surface area contributed by atoms with Crippen LogP contribution in [0.2, 0.25) is 0 Å². The number of Topliss-reactive ketones (excluding diaryl/α,β-unsaturated/α-hetero) is 2. The Hall–Kier alpha value is -4.21. The van der Waals surface area contributed by atoms with Crippen molar-refractivity contribution < 1.29 is 29.4 Å². The van der Waals surface area contributed by atoms with Gasteiger partial charge in [-0.2, -0.15) is 0 Å². The molecule has 0 amide bonds. The predicted octanol–water partition coefficient (Wildman–Crippen LogP) is 1.73. The number of para-hydroxylation sites is 4. The summed E-state index contributed by atoms with van der Waals surface area (Å²) in [5.74, 6) is -4.05. The van der Waals surface area contributed by atoms with Crippen LogP contribution in [0.4, 0.5) is 11.4 Å². The third-order valence-corrected chi connectivity index (χ3v) is 3.27. The Bertz CT molecular complexity index is 974. The molecule has 0 aliphatic rings. The molecule has 0 aliphatic heterocycles. The molecule has 3 aromatic rings. The lowest BCUT2D eigenvalue weighted by molar-refractivity contribution is -0.152. The first kappa shape index (κ1) is 22.8. The lowest BCUT2D eigenvalue weighted by atomic mass is 10.3. The van der Waals surface area contributed by atoms with Crippen LogP contribution in [-0.2, 0) is 14.4 Å². The Morgan fingerprint density at radius 3 is 1.83 bits per heavy atom. The number of fused-ring (bicyclic) bond motifs is 1. The average Bonchev–Trinajstić information content (AvgIpc) is 3.09. The Morgan fingerprint density at radius 1 is 0.931 bits per heavy atom. The molecule has 0 bridgehead atoms. The first-order valence-electron chi connectivity index (χ1n) is 8.15. The SMILES string of the molecule is CC(=O)c1nc2ccccc2[nH]1.Nc1ccccc1N.O=C(O)CC(=O)C(=O)O. The maximum absolute atomic E-state index is 10.9. The number of nitrogens with one attached hydrogen (secondary N) is 1. The lowest BCUT2D eigenvalue weighted by Gasteiger charge is -1.94. The average molecular weight is 400 g/mol. The van der Waals surface area contributed by atoms with Crippen LogP contribution in [0.5, 0.6) is 0 Å². The fraction of sp³-hybridized carbons (Fsp3) is 0.105. The topological polar surface area (TPSA) is 189 Å². The van der Waals surface area contributed by atoms with Gasteiger partial charge in [0, 0.05) is 6.92 Å². The number of aromatic amines is 1. The van der Waals surface area contributed by atoms with Crippen molar-refractivity contribution in [1.82, 2.24) is 9.97 Å². The number of benzene rings is 2. The third-order valence-electron chi connectivity index (χ3n) is 3.27. The number of hydrogen-bond acceptors (Lipinski definition) is 7. The van der Waals surface area contributed by atoms with Crippen molar-refractivity contribution in [2.24, 2.45) is 0 Å². The largest absolute Gasteiger partial charge is 0.481 e. The summed E-state index contributed by atoms with van der Waals surface area (Å²) in [5, 5.41) is 15.7. The second-order valence-electron chi connectivity index (χ2n) is 5.59. The van der Waals surface area contributed by atoms with E-state index < -0.39 is 24.1 Å². The summed E-state index contributed by atoms with van der Waals surface area (Å²) in [6, 6.07) is 14.8. The summed E-state index contributed by atoms with van der Waals surface area (Å²) in [4.78, 5) is 47.2. The van der Waals surface area contributed by atoms with E-state index in [1.807, 2.05) is 36.4 Å². The van der Waals surface area contributed by atoms with Gasteiger partial charge in [0.1, 0.15) is 6.42 Å². The van der Waals surface area contributed by atoms with E-state index in [0.29, 0.717) is 17.2 Å². The molecule has 0 saturated heterocycles. The number of H-pyrrole nitrogens is 1. The minimum atomic E-state index is -1.71. The third kappa shape index (κ3) is 7.91. The molecule has 1 aromatic heterocycles. The first-order chi connectivity index (χ1) is 13.6. The highest BCUT2D eigenvalue weighted by atomic mass is 16.4. The maximum atomic E-state index is 10.9. The van der Waals surface area contributed by atoms with Crippen LogP contribution in [0.15, 0.2) is 48.5 Å². The summed E-state index contributed by atoms with van der Waals surface area (Å²) >= 11 is 0. The molecule has 152 valence electrons. The van der Waals surface area contributed by atoms with Gasteiger partial charge in [0.05, 0.1) is 22.4 Å². The van der Waals surface area contributed by atoms with E-state index in [1.165, 1.54) is 6.92 Å². The van der Waals surface area contributed by atoms with E-state index >= 15 is 0 Å². The number of carboxylic acids is 2. The molecule has 7 N–H and O–H groups in total. The number of aliphatic carboxylic acids is 2. The standard InChI is InChI=1S/C9H8N2O.C6H8N2.C4H4O5/c1-6(12)9-10-7-4-2-3-5-8(7)11-9;7-5-3-1-2-4-6(5)8;5-2(4(8)9)1-3(6)7/h2-5H,1H3,(H,10,11);1-4H,7-8H2;1H2,(H,6,7)(H,8,9). The highest BCUT2D eigenvalue weighted by molar-refractivity contribution is 6.35. The van der Waals surface area contributed by atoms with E-state index in [1.54, 1.807) is 12.1 Å². The van der Waals surface area contributed by atoms with Crippen LogP contribution in [0.3, 0.4) is 0 Å². The van der Waals surface area contributed by atoms with Gasteiger partial charge in [-0.25, -0.2) is 9.78 Å². The molecular formula is C19H20N4O6. The van der Waals surface area contributed by atoms with Crippen LogP contribution in [0, 0.1) is 0 Å². The van der Waals surface area contributed by atoms with Gasteiger partial charge in [-0.1, -0.05) is 24.3 Å². The van der Waals surface area contributed by atoms with Crippen molar-refractivity contribution >= 4 is 45.9 Å². The molecule has 0 fully saturated rings. The van der Waals surface area contributed by atoms with Gasteiger partial charge in [0.2, 0.25) is 0 Å². The summed E-state index contributed by atoms with van der Waals surface area (Å²) in [5.41, 5.74) is 13.8. The van der Waals surface area contributed by atoms with E-state index in [0.717, 1.165) is 11.0 Å². The number of carbonyl (C=O) groups excluding carboxylic acids is 2. The fourth-order valence-electron chi connectivity index (χ4n) is 1.84. The van der Waals surface area contributed by atoms with Crippen molar-refractivity contribution in [1.29, 1.82) is 0 Å². The number of carboxylic acid groups (broad SMARTS) is 2. The zero-order chi connectivity index (χ0) is 22.0. The van der Waals surface area contributed by atoms with Gasteiger partial charge in [0.15, 0.2) is 11.6 Å². The molecule has 0 saturated carbocycles. The van der Waals surface area contributed by atoms with Gasteiger partial charge >= 0.3 is 11.9 Å². The molecule has 10 nitrogen and oxygen atoms in total. The molecule has 0 atom stereocenters. The quantitative estimate of drug-likeness (QED) is 0.188. The number of nitrogens with two attached hydrogens (primary N) is 2. The summed E-state index contributed by atoms with van der Waals surface area (Å²) in [7, 11) is 0. The summed E-state index contributed by atoms with van der Waals surface area (Å²) in [6.07, 6.45) is -0.949. The number of ketones is 2. The Kier molecular flexibility index (Phi) is 8.52.